The van der Waals surface area contributed by atoms with Crippen LogP contribution in [0.3, 0.4) is 0 Å². The number of nitrogens with two attached hydrogens (primary N) is 1. The minimum atomic E-state index is -0.293. The van der Waals surface area contributed by atoms with E-state index in [1.54, 1.807) is 30.5 Å². The van der Waals surface area contributed by atoms with Crippen molar-refractivity contribution in [2.45, 2.75) is 6.54 Å². The molecule has 0 spiro atoms. The Morgan fingerprint density at radius 1 is 1.20 bits per heavy atom. The second-order valence-electron chi connectivity index (χ2n) is 4.02. The lowest BCUT2D eigenvalue weighted by atomic mass is 10.2. The van der Waals surface area contributed by atoms with Gasteiger partial charge < -0.3 is 10.5 Å². The molecule has 2 aromatic rings. The van der Waals surface area contributed by atoms with Crippen LogP contribution < -0.4 is 21.3 Å². The van der Waals surface area contributed by atoms with Crippen LogP contribution in [0.2, 0.25) is 0 Å². The number of amides is 1. The summed E-state index contributed by atoms with van der Waals surface area (Å²) in [6.07, 6.45) is 1.63. The molecule has 0 fully saturated rings. The molecule has 0 aliphatic rings. The molecule has 0 bridgehead atoms. The SMILES string of the molecule is NCc1ccc(OCC(=O)NNc2ccccn2)cc1. The summed E-state index contributed by atoms with van der Waals surface area (Å²) in [6, 6.07) is 12.6. The van der Waals surface area contributed by atoms with E-state index in [0.717, 1.165) is 5.56 Å². The number of ether oxygens (including phenoxy) is 1. The number of nitrogens with one attached hydrogen (secondary N) is 2. The molecule has 1 aromatic carbocycles. The average Bonchev–Trinajstić information content (AvgIpc) is 2.52. The molecule has 0 aliphatic heterocycles. The second-order valence-corrected chi connectivity index (χ2v) is 4.02. The Morgan fingerprint density at radius 3 is 2.65 bits per heavy atom. The predicted molar refractivity (Wildman–Crippen MR) is 75.8 cm³/mol. The van der Waals surface area contributed by atoms with Gasteiger partial charge in [-0.05, 0) is 29.8 Å². The fourth-order valence-corrected chi connectivity index (χ4v) is 1.48. The molecule has 0 saturated heterocycles. The van der Waals surface area contributed by atoms with E-state index in [0.29, 0.717) is 18.1 Å². The summed E-state index contributed by atoms with van der Waals surface area (Å²) >= 11 is 0. The maximum atomic E-state index is 11.6. The van der Waals surface area contributed by atoms with Crippen LogP contribution >= 0.6 is 0 Å². The normalized spacial score (nSPS) is 9.85. The molecule has 1 heterocycles. The van der Waals surface area contributed by atoms with Gasteiger partial charge in [-0.1, -0.05) is 18.2 Å². The van der Waals surface area contributed by atoms with E-state index in [4.69, 9.17) is 10.5 Å². The Hall–Kier alpha value is -2.60. The average molecular weight is 272 g/mol. The first kappa shape index (κ1) is 13.8. The van der Waals surface area contributed by atoms with E-state index in [-0.39, 0.29) is 12.5 Å². The van der Waals surface area contributed by atoms with Gasteiger partial charge in [0.05, 0.1) is 0 Å². The summed E-state index contributed by atoms with van der Waals surface area (Å²) in [4.78, 5) is 15.6. The smallest absolute Gasteiger partial charge is 0.276 e. The number of carbonyl (C=O) groups excluding carboxylic acids is 1. The Morgan fingerprint density at radius 2 is 2.00 bits per heavy atom. The fraction of sp³-hybridized carbons (Fsp3) is 0.143. The minimum Gasteiger partial charge on any atom is -0.484 e. The first-order valence-corrected chi connectivity index (χ1v) is 6.15. The van der Waals surface area contributed by atoms with Crippen LogP contribution in [0.1, 0.15) is 5.56 Å². The highest BCUT2D eigenvalue weighted by molar-refractivity contribution is 5.78. The van der Waals surface area contributed by atoms with Gasteiger partial charge in [0.1, 0.15) is 11.6 Å². The molecule has 1 aromatic heterocycles. The first-order valence-electron chi connectivity index (χ1n) is 6.15. The molecule has 4 N–H and O–H groups in total. The molecule has 1 amide bonds. The molecule has 2 rings (SSSR count). The third-order valence-electron chi connectivity index (χ3n) is 2.52. The van der Waals surface area contributed by atoms with Gasteiger partial charge in [-0.15, -0.1) is 0 Å². The van der Waals surface area contributed by atoms with Crippen LogP contribution in [-0.4, -0.2) is 17.5 Å². The van der Waals surface area contributed by atoms with Gasteiger partial charge >= 0.3 is 0 Å². The molecule has 0 radical (unpaired) electrons. The van der Waals surface area contributed by atoms with Crippen molar-refractivity contribution >= 4 is 11.7 Å². The second kappa shape index (κ2) is 7.10. The van der Waals surface area contributed by atoms with Crippen LogP contribution in [0.15, 0.2) is 48.7 Å². The van der Waals surface area contributed by atoms with Crippen LogP contribution in [-0.2, 0) is 11.3 Å². The zero-order valence-electron chi connectivity index (χ0n) is 10.9. The highest BCUT2D eigenvalue weighted by atomic mass is 16.5. The van der Waals surface area contributed by atoms with Crippen LogP contribution in [0.4, 0.5) is 5.82 Å². The topological polar surface area (TPSA) is 89.3 Å². The van der Waals surface area contributed by atoms with Crippen molar-refractivity contribution in [3.05, 3.63) is 54.2 Å². The van der Waals surface area contributed by atoms with E-state index >= 15 is 0 Å². The summed E-state index contributed by atoms with van der Waals surface area (Å²) in [5.41, 5.74) is 11.7. The summed E-state index contributed by atoms with van der Waals surface area (Å²) in [5.74, 6) is 0.891. The fourth-order valence-electron chi connectivity index (χ4n) is 1.48. The van der Waals surface area contributed by atoms with Crippen molar-refractivity contribution in [3.8, 4) is 5.75 Å². The van der Waals surface area contributed by atoms with Crippen molar-refractivity contribution in [1.29, 1.82) is 0 Å². The van der Waals surface area contributed by atoms with Gasteiger partial charge in [-0.3, -0.25) is 15.6 Å². The van der Waals surface area contributed by atoms with Gasteiger partial charge in [-0.25, -0.2) is 4.98 Å². The third kappa shape index (κ3) is 4.25. The van der Waals surface area contributed by atoms with Crippen molar-refractivity contribution in [3.63, 3.8) is 0 Å². The number of carbonyl (C=O) groups is 1. The van der Waals surface area contributed by atoms with Gasteiger partial charge in [-0.2, -0.15) is 0 Å². The first-order chi connectivity index (χ1) is 9.78. The van der Waals surface area contributed by atoms with E-state index in [1.807, 2.05) is 18.2 Å². The van der Waals surface area contributed by atoms with Crippen LogP contribution in [0.5, 0.6) is 5.75 Å². The Labute approximate surface area is 116 Å². The minimum absolute atomic E-state index is 0.0815. The number of hydrogen-bond donors (Lipinski definition) is 3. The summed E-state index contributed by atoms with van der Waals surface area (Å²) in [7, 11) is 0. The van der Waals surface area contributed by atoms with Gasteiger partial charge in [0.2, 0.25) is 0 Å². The van der Waals surface area contributed by atoms with Crippen LogP contribution in [0, 0.1) is 0 Å². The number of nitrogens with zero attached hydrogens (tertiary/aromatic N) is 1. The lowest BCUT2D eigenvalue weighted by Crippen LogP contribution is -2.33. The molecule has 104 valence electrons. The molecule has 0 unspecified atom stereocenters. The van der Waals surface area contributed by atoms with Crippen molar-refractivity contribution < 1.29 is 9.53 Å². The monoisotopic (exact) mass is 272 g/mol. The van der Waals surface area contributed by atoms with Gasteiger partial charge in [0.25, 0.3) is 5.91 Å². The molecular formula is C14H16N4O2. The molecule has 0 saturated carbocycles. The van der Waals surface area contributed by atoms with E-state index in [1.165, 1.54) is 0 Å². The third-order valence-corrected chi connectivity index (χ3v) is 2.52. The van der Waals surface area contributed by atoms with Crippen molar-refractivity contribution in [2.75, 3.05) is 12.0 Å². The number of hydrazine groups is 1. The highest BCUT2D eigenvalue weighted by Crippen LogP contribution is 2.11. The van der Waals surface area contributed by atoms with Crippen molar-refractivity contribution in [1.82, 2.24) is 10.4 Å². The standard InChI is InChI=1S/C14H16N4O2/c15-9-11-4-6-12(7-5-11)20-10-14(19)18-17-13-3-1-2-8-16-13/h1-8H,9-10,15H2,(H,16,17)(H,18,19). The number of pyridine rings is 1. The number of rotatable bonds is 6. The predicted octanol–water partition coefficient (Wildman–Crippen LogP) is 1.06. The molecule has 0 aliphatic carbocycles. The van der Waals surface area contributed by atoms with E-state index in [2.05, 4.69) is 15.8 Å². The Bertz CT molecular complexity index is 543. The van der Waals surface area contributed by atoms with Gasteiger partial charge in [0.15, 0.2) is 6.61 Å². The summed E-state index contributed by atoms with van der Waals surface area (Å²) < 4.78 is 5.34. The Kier molecular flexibility index (Phi) is 4.91. The highest BCUT2D eigenvalue weighted by Gasteiger charge is 2.02. The zero-order chi connectivity index (χ0) is 14.2. The maximum absolute atomic E-state index is 11.6. The number of aromatic nitrogens is 1. The molecule has 20 heavy (non-hydrogen) atoms. The Balaban J connectivity index is 1.74. The van der Waals surface area contributed by atoms with Crippen LogP contribution in [0.25, 0.3) is 0 Å². The number of anilines is 1. The van der Waals surface area contributed by atoms with E-state index < -0.39 is 0 Å². The zero-order valence-corrected chi connectivity index (χ0v) is 10.9. The molecule has 0 atom stereocenters. The van der Waals surface area contributed by atoms with Gasteiger partial charge in [0, 0.05) is 12.7 Å². The number of hydrogen-bond acceptors (Lipinski definition) is 5. The number of benzene rings is 1. The molecular weight excluding hydrogens is 256 g/mol. The van der Waals surface area contributed by atoms with E-state index in [9.17, 15) is 4.79 Å². The summed E-state index contributed by atoms with van der Waals surface area (Å²) in [5, 5.41) is 0. The largest absolute Gasteiger partial charge is 0.484 e. The lowest BCUT2D eigenvalue weighted by Gasteiger charge is -2.09. The van der Waals surface area contributed by atoms with Crippen molar-refractivity contribution in [2.24, 2.45) is 5.73 Å². The molecule has 6 heteroatoms. The lowest BCUT2D eigenvalue weighted by molar-refractivity contribution is -0.122. The quantitative estimate of drug-likeness (QED) is 0.684. The molecule has 6 nitrogen and oxygen atoms in total. The summed E-state index contributed by atoms with van der Waals surface area (Å²) in [6.45, 7) is 0.399. The maximum Gasteiger partial charge on any atom is 0.276 e.